The lowest BCUT2D eigenvalue weighted by Gasteiger charge is -2.11. The SMILES string of the molecule is CCCCCCCCCCCCCC(O)CCCCC(O)C[C]=O. The minimum atomic E-state index is -0.550. The van der Waals surface area contributed by atoms with Gasteiger partial charge in [0.25, 0.3) is 0 Å². The van der Waals surface area contributed by atoms with Crippen LogP contribution in [0.25, 0.3) is 0 Å². The molecule has 1 radical (unpaired) electrons. The Kier molecular flexibility index (Phi) is 18.6. The first kappa shape index (κ1) is 23.6. The molecule has 0 saturated carbocycles. The van der Waals surface area contributed by atoms with Gasteiger partial charge in [-0.3, -0.25) is 4.79 Å². The van der Waals surface area contributed by atoms with Crippen molar-refractivity contribution in [1.82, 2.24) is 0 Å². The van der Waals surface area contributed by atoms with Crippen molar-refractivity contribution in [1.29, 1.82) is 0 Å². The van der Waals surface area contributed by atoms with E-state index in [1.807, 2.05) is 0 Å². The molecule has 0 bridgehead atoms. The highest BCUT2D eigenvalue weighted by Gasteiger charge is 2.06. The third-order valence-corrected chi connectivity index (χ3v) is 4.78. The Morgan fingerprint density at radius 1 is 0.625 bits per heavy atom. The maximum absolute atomic E-state index is 10.1. The van der Waals surface area contributed by atoms with Gasteiger partial charge >= 0.3 is 0 Å². The van der Waals surface area contributed by atoms with E-state index in [2.05, 4.69) is 6.92 Å². The first-order valence-electron chi connectivity index (χ1n) is 10.4. The zero-order valence-corrected chi connectivity index (χ0v) is 16.0. The number of hydrogen-bond donors (Lipinski definition) is 2. The lowest BCUT2D eigenvalue weighted by molar-refractivity contribution is 0.138. The summed E-state index contributed by atoms with van der Waals surface area (Å²) >= 11 is 0. The van der Waals surface area contributed by atoms with Crippen LogP contribution < -0.4 is 0 Å². The van der Waals surface area contributed by atoms with Gasteiger partial charge < -0.3 is 10.2 Å². The van der Waals surface area contributed by atoms with E-state index in [-0.39, 0.29) is 12.5 Å². The molecule has 0 aliphatic heterocycles. The summed E-state index contributed by atoms with van der Waals surface area (Å²) in [5.74, 6) is 0. The van der Waals surface area contributed by atoms with Crippen molar-refractivity contribution in [2.24, 2.45) is 0 Å². The largest absolute Gasteiger partial charge is 0.393 e. The van der Waals surface area contributed by atoms with Gasteiger partial charge in [-0.05, 0) is 19.3 Å². The van der Waals surface area contributed by atoms with E-state index in [0.717, 1.165) is 32.1 Å². The summed E-state index contributed by atoms with van der Waals surface area (Å²) < 4.78 is 0. The van der Waals surface area contributed by atoms with E-state index in [0.29, 0.717) is 6.42 Å². The molecule has 2 N–H and O–H groups in total. The third-order valence-electron chi connectivity index (χ3n) is 4.78. The molecule has 0 aromatic heterocycles. The van der Waals surface area contributed by atoms with Crippen LogP contribution in [0.2, 0.25) is 0 Å². The average Bonchev–Trinajstić information content (AvgIpc) is 2.57. The normalized spacial score (nSPS) is 13.8. The van der Waals surface area contributed by atoms with Crippen molar-refractivity contribution < 1.29 is 15.0 Å². The van der Waals surface area contributed by atoms with Crippen LogP contribution in [0, 0.1) is 0 Å². The summed E-state index contributed by atoms with van der Waals surface area (Å²) in [6, 6.07) is 0. The van der Waals surface area contributed by atoms with Crippen LogP contribution in [-0.2, 0) is 4.79 Å². The molecule has 0 amide bonds. The minimum Gasteiger partial charge on any atom is -0.393 e. The monoisotopic (exact) mass is 341 g/mol. The Morgan fingerprint density at radius 2 is 1.00 bits per heavy atom. The topological polar surface area (TPSA) is 57.5 Å². The van der Waals surface area contributed by atoms with E-state index >= 15 is 0 Å². The van der Waals surface area contributed by atoms with Crippen LogP contribution >= 0.6 is 0 Å². The summed E-state index contributed by atoms with van der Waals surface area (Å²) in [5, 5.41) is 19.3. The summed E-state index contributed by atoms with van der Waals surface area (Å²) in [4.78, 5) is 10.1. The van der Waals surface area contributed by atoms with E-state index in [9.17, 15) is 15.0 Å². The molecule has 3 heteroatoms. The highest BCUT2D eigenvalue weighted by atomic mass is 16.3. The lowest BCUT2D eigenvalue weighted by Crippen LogP contribution is -2.09. The van der Waals surface area contributed by atoms with Crippen LogP contribution in [0.4, 0.5) is 0 Å². The molecule has 2 atom stereocenters. The predicted octanol–water partition coefficient (Wildman–Crippen LogP) is 5.47. The molecule has 24 heavy (non-hydrogen) atoms. The van der Waals surface area contributed by atoms with Crippen molar-refractivity contribution in [2.75, 3.05) is 0 Å². The first-order valence-corrected chi connectivity index (χ1v) is 10.4. The van der Waals surface area contributed by atoms with E-state index in [4.69, 9.17) is 0 Å². The number of rotatable bonds is 19. The second-order valence-corrected chi connectivity index (χ2v) is 7.26. The lowest BCUT2D eigenvalue weighted by atomic mass is 10.0. The maximum atomic E-state index is 10.1. The van der Waals surface area contributed by atoms with Gasteiger partial charge in [-0.15, -0.1) is 0 Å². The smallest absolute Gasteiger partial charge is 0.201 e. The van der Waals surface area contributed by atoms with Gasteiger partial charge in [0.2, 0.25) is 6.29 Å². The van der Waals surface area contributed by atoms with Crippen LogP contribution in [-0.4, -0.2) is 28.7 Å². The molecule has 143 valence electrons. The molecule has 0 aromatic rings. The van der Waals surface area contributed by atoms with Gasteiger partial charge in [-0.1, -0.05) is 90.4 Å². The zero-order valence-electron chi connectivity index (χ0n) is 16.0. The van der Waals surface area contributed by atoms with Crippen LogP contribution in [0.1, 0.15) is 116 Å². The van der Waals surface area contributed by atoms with Gasteiger partial charge in [0.1, 0.15) is 0 Å². The summed E-state index contributed by atoms with van der Waals surface area (Å²) in [6.07, 6.45) is 20.0. The second kappa shape index (κ2) is 18.9. The summed E-state index contributed by atoms with van der Waals surface area (Å²) in [5.41, 5.74) is 0. The fraction of sp³-hybridized carbons (Fsp3) is 0.952. The highest BCUT2D eigenvalue weighted by Crippen LogP contribution is 2.15. The summed E-state index contributed by atoms with van der Waals surface area (Å²) in [6.45, 7) is 2.26. The molecule has 0 heterocycles. The number of carbonyl (C=O) groups excluding carboxylic acids is 1. The summed E-state index contributed by atoms with van der Waals surface area (Å²) in [7, 11) is 0. The molecular weight excluding hydrogens is 300 g/mol. The quantitative estimate of drug-likeness (QED) is 0.306. The third kappa shape index (κ3) is 17.9. The molecular formula is C21H41O3. The van der Waals surface area contributed by atoms with Gasteiger partial charge in [-0.2, -0.15) is 0 Å². The molecule has 0 fully saturated rings. The van der Waals surface area contributed by atoms with Gasteiger partial charge in [0.05, 0.1) is 12.2 Å². The zero-order chi connectivity index (χ0) is 17.9. The van der Waals surface area contributed by atoms with Crippen molar-refractivity contribution in [3.63, 3.8) is 0 Å². The Balaban J connectivity index is 3.20. The highest BCUT2D eigenvalue weighted by molar-refractivity contribution is 5.51. The number of aliphatic hydroxyl groups is 2. The van der Waals surface area contributed by atoms with Crippen molar-refractivity contribution in [3.8, 4) is 0 Å². The second-order valence-electron chi connectivity index (χ2n) is 7.26. The van der Waals surface area contributed by atoms with Gasteiger partial charge in [0, 0.05) is 6.42 Å². The van der Waals surface area contributed by atoms with Gasteiger partial charge in [0.15, 0.2) is 0 Å². The molecule has 0 spiro atoms. The first-order chi connectivity index (χ1) is 11.7. The predicted molar refractivity (Wildman–Crippen MR) is 102 cm³/mol. The molecule has 0 aromatic carbocycles. The molecule has 0 aliphatic carbocycles. The number of unbranched alkanes of at least 4 members (excludes halogenated alkanes) is 11. The van der Waals surface area contributed by atoms with Crippen molar-refractivity contribution in [3.05, 3.63) is 0 Å². The standard InChI is InChI=1S/C21H41O3/c1-2-3-4-5-6-7-8-9-10-11-12-15-20(23)16-13-14-17-21(24)18-19-22/h20-21,23-24H,2-18H2,1H3. The van der Waals surface area contributed by atoms with Crippen LogP contribution in [0.3, 0.4) is 0 Å². The van der Waals surface area contributed by atoms with Crippen molar-refractivity contribution >= 4 is 6.29 Å². The van der Waals surface area contributed by atoms with E-state index in [1.54, 1.807) is 6.29 Å². The number of hydrogen-bond acceptors (Lipinski definition) is 3. The van der Waals surface area contributed by atoms with E-state index < -0.39 is 6.10 Å². The van der Waals surface area contributed by atoms with Crippen LogP contribution in [0.15, 0.2) is 0 Å². The fourth-order valence-electron chi connectivity index (χ4n) is 3.15. The maximum Gasteiger partial charge on any atom is 0.201 e. The Hall–Kier alpha value is -0.410. The van der Waals surface area contributed by atoms with E-state index in [1.165, 1.54) is 64.2 Å². The van der Waals surface area contributed by atoms with Gasteiger partial charge in [-0.25, -0.2) is 0 Å². The van der Waals surface area contributed by atoms with Crippen molar-refractivity contribution in [2.45, 2.75) is 128 Å². The molecule has 0 saturated heterocycles. The number of aliphatic hydroxyl groups excluding tert-OH is 2. The average molecular weight is 342 g/mol. The van der Waals surface area contributed by atoms with Crippen LogP contribution in [0.5, 0.6) is 0 Å². The molecule has 3 nitrogen and oxygen atoms in total. The fourth-order valence-corrected chi connectivity index (χ4v) is 3.15. The molecule has 2 unspecified atom stereocenters. The minimum absolute atomic E-state index is 0.112. The molecule has 0 aliphatic rings. The Morgan fingerprint density at radius 3 is 1.46 bits per heavy atom. The Labute approximate surface area is 150 Å². The Bertz CT molecular complexity index is 255. The molecule has 0 rings (SSSR count).